The van der Waals surface area contributed by atoms with Gasteiger partial charge < -0.3 is 15.0 Å². The second-order valence-corrected chi connectivity index (χ2v) is 5.17. The first-order valence-electron chi connectivity index (χ1n) is 6.93. The van der Waals surface area contributed by atoms with Crippen LogP contribution in [0.4, 0.5) is 8.78 Å². The molecule has 1 N–H and O–H groups in total. The quantitative estimate of drug-likeness (QED) is 0.742. The lowest BCUT2D eigenvalue weighted by Gasteiger charge is -2.32. The van der Waals surface area contributed by atoms with Crippen molar-refractivity contribution in [1.82, 2.24) is 10.2 Å². The molecule has 0 aromatic rings. The topological polar surface area (TPSA) is 24.5 Å². The highest BCUT2D eigenvalue weighted by molar-refractivity contribution is 4.75. The highest BCUT2D eigenvalue weighted by Gasteiger charge is 2.17. The molecule has 0 spiro atoms. The summed E-state index contributed by atoms with van der Waals surface area (Å²) in [5, 5.41) is 3.57. The van der Waals surface area contributed by atoms with Gasteiger partial charge in [0.1, 0.15) is 6.61 Å². The van der Waals surface area contributed by atoms with Gasteiger partial charge in [-0.3, -0.25) is 0 Å². The summed E-state index contributed by atoms with van der Waals surface area (Å²) in [4.78, 5) is 2.33. The molecule has 108 valence electrons. The van der Waals surface area contributed by atoms with Crippen LogP contribution in [0.15, 0.2) is 0 Å². The lowest BCUT2D eigenvalue weighted by Crippen LogP contribution is -2.44. The molecule has 2 atom stereocenters. The van der Waals surface area contributed by atoms with Gasteiger partial charge in [0.05, 0.1) is 6.61 Å². The van der Waals surface area contributed by atoms with Crippen LogP contribution < -0.4 is 5.32 Å². The van der Waals surface area contributed by atoms with Gasteiger partial charge >= 0.3 is 0 Å². The van der Waals surface area contributed by atoms with Crippen LogP contribution >= 0.6 is 0 Å². The maximum Gasteiger partial charge on any atom is 0.261 e. The Morgan fingerprint density at radius 3 is 2.89 bits per heavy atom. The van der Waals surface area contributed by atoms with Crippen molar-refractivity contribution >= 4 is 0 Å². The summed E-state index contributed by atoms with van der Waals surface area (Å²) in [7, 11) is 0. The molecular weight excluding hydrogens is 238 g/mol. The third-order valence-electron chi connectivity index (χ3n) is 3.41. The number of ether oxygens (including phenoxy) is 1. The van der Waals surface area contributed by atoms with Crippen LogP contribution in [0.2, 0.25) is 0 Å². The molecule has 18 heavy (non-hydrogen) atoms. The van der Waals surface area contributed by atoms with Crippen molar-refractivity contribution in [1.29, 1.82) is 0 Å². The van der Waals surface area contributed by atoms with Crippen LogP contribution in [-0.2, 0) is 4.74 Å². The number of rotatable bonds is 6. The molecule has 1 saturated heterocycles. The third-order valence-corrected chi connectivity index (χ3v) is 3.41. The molecule has 0 amide bonds. The van der Waals surface area contributed by atoms with E-state index in [1.54, 1.807) is 0 Å². The van der Waals surface area contributed by atoms with Gasteiger partial charge in [0.15, 0.2) is 0 Å². The van der Waals surface area contributed by atoms with Crippen LogP contribution in [0.5, 0.6) is 0 Å². The Bertz CT molecular complexity index is 217. The average Bonchev–Trinajstić information content (AvgIpc) is 2.31. The second kappa shape index (κ2) is 8.77. The summed E-state index contributed by atoms with van der Waals surface area (Å²) in [5.74, 6) is 0.592. The van der Waals surface area contributed by atoms with Crippen LogP contribution in [0.3, 0.4) is 0 Å². The molecule has 2 unspecified atom stereocenters. The molecule has 0 saturated carbocycles. The third kappa shape index (κ3) is 6.61. The first-order chi connectivity index (χ1) is 8.61. The first kappa shape index (κ1) is 15.8. The minimum absolute atomic E-state index is 0.404. The van der Waals surface area contributed by atoms with Gasteiger partial charge in [0.25, 0.3) is 6.43 Å². The largest absolute Gasteiger partial charge is 0.374 e. The normalized spacial score (nSPS) is 27.2. The van der Waals surface area contributed by atoms with Crippen molar-refractivity contribution < 1.29 is 13.5 Å². The van der Waals surface area contributed by atoms with E-state index in [9.17, 15) is 8.78 Å². The summed E-state index contributed by atoms with van der Waals surface area (Å²) in [5.41, 5.74) is 0. The van der Waals surface area contributed by atoms with E-state index < -0.39 is 13.0 Å². The van der Waals surface area contributed by atoms with Crippen molar-refractivity contribution in [2.24, 2.45) is 5.92 Å². The van der Waals surface area contributed by atoms with Crippen LogP contribution in [0, 0.1) is 5.92 Å². The summed E-state index contributed by atoms with van der Waals surface area (Å²) < 4.78 is 28.8. The highest BCUT2D eigenvalue weighted by atomic mass is 19.3. The van der Waals surface area contributed by atoms with Crippen molar-refractivity contribution in [2.45, 2.75) is 39.2 Å². The van der Waals surface area contributed by atoms with E-state index in [-0.39, 0.29) is 0 Å². The Morgan fingerprint density at radius 1 is 1.44 bits per heavy atom. The Hall–Kier alpha value is -0.260. The van der Waals surface area contributed by atoms with E-state index in [4.69, 9.17) is 4.74 Å². The Balaban J connectivity index is 2.25. The first-order valence-corrected chi connectivity index (χ1v) is 6.93. The summed E-state index contributed by atoms with van der Waals surface area (Å²) in [6, 6.07) is 0.581. The van der Waals surface area contributed by atoms with Gasteiger partial charge in [0, 0.05) is 19.1 Å². The lowest BCUT2D eigenvalue weighted by molar-refractivity contribution is 0.00782. The van der Waals surface area contributed by atoms with Crippen molar-refractivity contribution in [3.05, 3.63) is 0 Å². The lowest BCUT2D eigenvalue weighted by atomic mass is 10.0. The fourth-order valence-corrected chi connectivity index (χ4v) is 2.32. The SMILES string of the molecule is CCC1CCN(CCOCC(F)F)CC(C)CN1. The molecule has 0 bridgehead atoms. The molecule has 1 rings (SSSR count). The number of halogens is 2. The maximum absolute atomic E-state index is 11.9. The molecule has 0 aromatic heterocycles. The van der Waals surface area contributed by atoms with E-state index in [0.717, 1.165) is 39.0 Å². The molecule has 1 aliphatic heterocycles. The Labute approximate surface area is 109 Å². The molecule has 3 nitrogen and oxygen atoms in total. The van der Waals surface area contributed by atoms with Crippen molar-refractivity contribution in [3.8, 4) is 0 Å². The van der Waals surface area contributed by atoms with Gasteiger partial charge in [-0.25, -0.2) is 8.78 Å². The molecular formula is C13H26F2N2O. The Kier molecular flexibility index (Phi) is 7.70. The standard InChI is InChI=1S/C13H26F2N2O/c1-3-12-4-5-17(9-11(2)8-16-12)6-7-18-10-13(14)15/h11-13,16H,3-10H2,1-2H3. The van der Waals surface area contributed by atoms with E-state index in [1.807, 2.05) is 0 Å². The minimum Gasteiger partial charge on any atom is -0.374 e. The fraction of sp³-hybridized carbons (Fsp3) is 1.00. The highest BCUT2D eigenvalue weighted by Crippen LogP contribution is 2.09. The predicted octanol–water partition coefficient (Wildman–Crippen LogP) is 1.98. The van der Waals surface area contributed by atoms with Gasteiger partial charge in [-0.05, 0) is 31.8 Å². The van der Waals surface area contributed by atoms with E-state index in [0.29, 0.717) is 18.6 Å². The number of hydrogen-bond acceptors (Lipinski definition) is 3. The monoisotopic (exact) mass is 264 g/mol. The van der Waals surface area contributed by atoms with Gasteiger partial charge in [-0.1, -0.05) is 13.8 Å². The Morgan fingerprint density at radius 2 is 2.22 bits per heavy atom. The zero-order valence-corrected chi connectivity index (χ0v) is 11.5. The van der Waals surface area contributed by atoms with E-state index in [2.05, 4.69) is 24.1 Å². The molecule has 0 aromatic carbocycles. The van der Waals surface area contributed by atoms with Crippen LogP contribution in [0.1, 0.15) is 26.7 Å². The molecule has 1 heterocycles. The predicted molar refractivity (Wildman–Crippen MR) is 69.1 cm³/mol. The molecule has 0 radical (unpaired) electrons. The molecule has 5 heteroatoms. The van der Waals surface area contributed by atoms with Crippen molar-refractivity contribution in [2.75, 3.05) is 39.4 Å². The minimum atomic E-state index is -2.36. The average molecular weight is 264 g/mol. The van der Waals surface area contributed by atoms with Gasteiger partial charge in [-0.2, -0.15) is 0 Å². The molecule has 0 aliphatic carbocycles. The summed E-state index contributed by atoms with van der Waals surface area (Å²) in [6.45, 7) is 8.21. The van der Waals surface area contributed by atoms with Gasteiger partial charge in [0.2, 0.25) is 0 Å². The maximum atomic E-state index is 11.9. The number of hydrogen-bond donors (Lipinski definition) is 1. The zero-order chi connectivity index (χ0) is 13.4. The summed E-state index contributed by atoms with van der Waals surface area (Å²) in [6.07, 6.45) is -0.0922. The fourth-order valence-electron chi connectivity index (χ4n) is 2.32. The number of nitrogens with zero attached hydrogens (tertiary/aromatic N) is 1. The van der Waals surface area contributed by atoms with E-state index in [1.165, 1.54) is 0 Å². The summed E-state index contributed by atoms with van der Waals surface area (Å²) >= 11 is 0. The van der Waals surface area contributed by atoms with E-state index >= 15 is 0 Å². The van der Waals surface area contributed by atoms with Crippen LogP contribution in [0.25, 0.3) is 0 Å². The van der Waals surface area contributed by atoms with Crippen LogP contribution in [-0.4, -0.2) is 56.8 Å². The molecule has 1 aliphatic rings. The molecule has 1 fully saturated rings. The smallest absolute Gasteiger partial charge is 0.261 e. The number of nitrogens with one attached hydrogen (secondary N) is 1. The second-order valence-electron chi connectivity index (χ2n) is 5.17. The number of alkyl halides is 2. The van der Waals surface area contributed by atoms with Crippen molar-refractivity contribution in [3.63, 3.8) is 0 Å². The zero-order valence-electron chi connectivity index (χ0n) is 11.5. The van der Waals surface area contributed by atoms with Gasteiger partial charge in [-0.15, -0.1) is 0 Å².